The summed E-state index contributed by atoms with van der Waals surface area (Å²) in [5.41, 5.74) is 6.65. The molecule has 1 unspecified atom stereocenters. The summed E-state index contributed by atoms with van der Waals surface area (Å²) in [6.45, 7) is 0. The molecule has 20 heavy (non-hydrogen) atoms. The van der Waals surface area contributed by atoms with Crippen molar-refractivity contribution in [2.24, 2.45) is 5.73 Å². The molecule has 0 aliphatic carbocycles. The van der Waals surface area contributed by atoms with E-state index in [2.05, 4.69) is 20.9 Å². The average Bonchev–Trinajstić information content (AvgIpc) is 2.87. The molecule has 0 bridgehead atoms. The molecule has 2 N–H and O–H groups in total. The Labute approximate surface area is 125 Å². The number of ether oxygens (including phenoxy) is 1. The first-order valence-electron chi connectivity index (χ1n) is 5.45. The van der Waals surface area contributed by atoms with Gasteiger partial charge in [0.1, 0.15) is 5.75 Å². The van der Waals surface area contributed by atoms with E-state index in [0.29, 0.717) is 32.0 Å². The second kappa shape index (κ2) is 5.71. The van der Waals surface area contributed by atoms with E-state index in [0.717, 1.165) is 6.20 Å². The minimum absolute atomic E-state index is 0.356. The van der Waals surface area contributed by atoms with E-state index in [9.17, 15) is 13.2 Å². The van der Waals surface area contributed by atoms with Crippen LogP contribution in [0.25, 0.3) is 0 Å². The molecule has 0 aliphatic heterocycles. The molecule has 1 heterocycles. The van der Waals surface area contributed by atoms with Crippen LogP contribution >= 0.6 is 27.3 Å². The molecule has 0 saturated carbocycles. The van der Waals surface area contributed by atoms with E-state index in [1.54, 1.807) is 18.2 Å². The Kier molecular flexibility index (Phi) is 4.36. The first kappa shape index (κ1) is 15.3. The van der Waals surface area contributed by atoms with Gasteiger partial charge in [0.05, 0.1) is 17.6 Å². The number of methoxy groups -OCH3 is 1. The lowest BCUT2D eigenvalue weighted by Crippen LogP contribution is -2.10. The maximum Gasteiger partial charge on any atom is 0.443 e. The Bertz CT molecular complexity index is 615. The molecular formula is C12H10BrF3N2OS. The van der Waals surface area contributed by atoms with E-state index < -0.39 is 17.2 Å². The molecule has 2 rings (SSSR count). The third-order valence-electron chi connectivity index (χ3n) is 2.61. The summed E-state index contributed by atoms with van der Waals surface area (Å²) in [5.74, 6) is 0.626. The highest BCUT2D eigenvalue weighted by atomic mass is 79.9. The van der Waals surface area contributed by atoms with Crippen LogP contribution in [-0.4, -0.2) is 12.1 Å². The smallest absolute Gasteiger partial charge is 0.443 e. The molecule has 0 fully saturated rings. The van der Waals surface area contributed by atoms with E-state index >= 15 is 0 Å². The first-order valence-corrected chi connectivity index (χ1v) is 7.06. The first-order chi connectivity index (χ1) is 9.32. The number of halogens is 4. The number of hydrogen-bond donors (Lipinski definition) is 1. The standard InChI is InChI=1S/C12H10BrF3N2OS/c1-19-8-3-2-6(4-7(8)13)10(17)9-5-18-11(20-9)12(14,15)16/h2-5,10H,17H2,1H3. The number of benzene rings is 1. The molecule has 0 saturated heterocycles. The minimum atomic E-state index is -4.44. The molecule has 0 amide bonds. The number of nitrogens with two attached hydrogens (primary N) is 1. The molecule has 1 aromatic heterocycles. The highest BCUT2D eigenvalue weighted by Gasteiger charge is 2.35. The predicted molar refractivity (Wildman–Crippen MR) is 73.8 cm³/mol. The van der Waals surface area contributed by atoms with Gasteiger partial charge in [0.2, 0.25) is 0 Å². The fourth-order valence-corrected chi connectivity index (χ4v) is 2.97. The number of alkyl halides is 3. The molecule has 108 valence electrons. The van der Waals surface area contributed by atoms with Gasteiger partial charge in [0.25, 0.3) is 0 Å². The summed E-state index contributed by atoms with van der Waals surface area (Å²) < 4.78 is 43.3. The lowest BCUT2D eigenvalue weighted by molar-refractivity contribution is -0.137. The van der Waals surface area contributed by atoms with Crippen molar-refractivity contribution >= 4 is 27.3 Å². The molecule has 8 heteroatoms. The van der Waals surface area contributed by atoms with Crippen LogP contribution in [0.2, 0.25) is 0 Å². The Morgan fingerprint density at radius 3 is 2.60 bits per heavy atom. The van der Waals surface area contributed by atoms with Gasteiger partial charge in [-0.1, -0.05) is 6.07 Å². The van der Waals surface area contributed by atoms with Crippen LogP contribution < -0.4 is 10.5 Å². The summed E-state index contributed by atoms with van der Waals surface area (Å²) in [6.07, 6.45) is -3.28. The average molecular weight is 367 g/mol. The van der Waals surface area contributed by atoms with E-state index in [1.807, 2.05) is 0 Å². The van der Waals surface area contributed by atoms with Crippen molar-refractivity contribution < 1.29 is 17.9 Å². The second-order valence-corrected chi connectivity index (χ2v) is 5.85. The van der Waals surface area contributed by atoms with Crippen LogP contribution in [-0.2, 0) is 6.18 Å². The minimum Gasteiger partial charge on any atom is -0.496 e. The van der Waals surface area contributed by atoms with Gasteiger partial charge in [-0.2, -0.15) is 13.2 Å². The molecule has 1 aromatic carbocycles. The van der Waals surface area contributed by atoms with Gasteiger partial charge in [-0.05, 0) is 33.6 Å². The second-order valence-electron chi connectivity index (χ2n) is 3.94. The topological polar surface area (TPSA) is 48.1 Å². The number of hydrogen-bond acceptors (Lipinski definition) is 4. The lowest BCUT2D eigenvalue weighted by atomic mass is 10.1. The third-order valence-corrected chi connectivity index (χ3v) is 4.35. The summed E-state index contributed by atoms with van der Waals surface area (Å²) in [5, 5.41) is -0.893. The van der Waals surface area contributed by atoms with Gasteiger partial charge in [0, 0.05) is 11.1 Å². The molecular weight excluding hydrogens is 357 g/mol. The fraction of sp³-hybridized carbons (Fsp3) is 0.250. The molecule has 0 radical (unpaired) electrons. The van der Waals surface area contributed by atoms with Crippen molar-refractivity contribution in [1.29, 1.82) is 0 Å². The molecule has 2 aromatic rings. The van der Waals surface area contributed by atoms with Crippen LogP contribution in [0, 0.1) is 0 Å². The maximum absolute atomic E-state index is 12.5. The zero-order valence-corrected chi connectivity index (χ0v) is 12.6. The highest BCUT2D eigenvalue weighted by molar-refractivity contribution is 9.10. The molecule has 1 atom stereocenters. The zero-order valence-electron chi connectivity index (χ0n) is 10.2. The number of aromatic nitrogens is 1. The fourth-order valence-electron chi connectivity index (χ4n) is 1.60. The van der Waals surface area contributed by atoms with Crippen molar-refractivity contribution in [3.05, 3.63) is 44.3 Å². The Morgan fingerprint density at radius 1 is 1.40 bits per heavy atom. The number of rotatable bonds is 3. The number of nitrogens with zero attached hydrogens (tertiary/aromatic N) is 1. The van der Waals surface area contributed by atoms with Crippen molar-refractivity contribution in [3.63, 3.8) is 0 Å². The largest absolute Gasteiger partial charge is 0.496 e. The van der Waals surface area contributed by atoms with E-state index in [4.69, 9.17) is 10.5 Å². The van der Waals surface area contributed by atoms with Gasteiger partial charge in [-0.3, -0.25) is 0 Å². The zero-order chi connectivity index (χ0) is 14.9. The van der Waals surface area contributed by atoms with Crippen LogP contribution in [0.15, 0.2) is 28.9 Å². The Hall–Kier alpha value is -1.12. The predicted octanol–water partition coefficient (Wildman–Crippen LogP) is 3.98. The summed E-state index contributed by atoms with van der Waals surface area (Å²) in [4.78, 5) is 3.72. The molecule has 3 nitrogen and oxygen atoms in total. The van der Waals surface area contributed by atoms with Crippen molar-refractivity contribution in [2.75, 3.05) is 7.11 Å². The van der Waals surface area contributed by atoms with Crippen LogP contribution in [0.5, 0.6) is 5.75 Å². The van der Waals surface area contributed by atoms with Crippen LogP contribution in [0.1, 0.15) is 21.5 Å². The van der Waals surface area contributed by atoms with Gasteiger partial charge in [-0.15, -0.1) is 11.3 Å². The lowest BCUT2D eigenvalue weighted by Gasteiger charge is -2.11. The highest BCUT2D eigenvalue weighted by Crippen LogP contribution is 2.36. The summed E-state index contributed by atoms with van der Waals surface area (Å²) in [7, 11) is 1.53. The van der Waals surface area contributed by atoms with Crippen molar-refractivity contribution in [3.8, 4) is 5.75 Å². The van der Waals surface area contributed by atoms with Crippen molar-refractivity contribution in [1.82, 2.24) is 4.98 Å². The molecule has 0 spiro atoms. The van der Waals surface area contributed by atoms with Gasteiger partial charge < -0.3 is 10.5 Å². The van der Waals surface area contributed by atoms with E-state index in [-0.39, 0.29) is 0 Å². The monoisotopic (exact) mass is 366 g/mol. The van der Waals surface area contributed by atoms with Crippen LogP contribution in [0.3, 0.4) is 0 Å². The van der Waals surface area contributed by atoms with Gasteiger partial charge in [0.15, 0.2) is 5.01 Å². The Morgan fingerprint density at radius 2 is 2.10 bits per heavy atom. The van der Waals surface area contributed by atoms with Crippen molar-refractivity contribution in [2.45, 2.75) is 12.2 Å². The van der Waals surface area contributed by atoms with E-state index in [1.165, 1.54) is 7.11 Å². The quantitative estimate of drug-likeness (QED) is 0.893. The third kappa shape index (κ3) is 3.13. The van der Waals surface area contributed by atoms with Crippen LogP contribution in [0.4, 0.5) is 13.2 Å². The maximum atomic E-state index is 12.5. The summed E-state index contributed by atoms with van der Waals surface area (Å²) >= 11 is 3.86. The number of thiazole rings is 1. The molecule has 0 aliphatic rings. The summed E-state index contributed by atoms with van der Waals surface area (Å²) in [6, 6.07) is 4.47. The van der Waals surface area contributed by atoms with Gasteiger partial charge in [-0.25, -0.2) is 4.98 Å². The Balaban J connectivity index is 2.29. The van der Waals surface area contributed by atoms with Gasteiger partial charge >= 0.3 is 6.18 Å². The normalized spacial score (nSPS) is 13.3. The SMILES string of the molecule is COc1ccc(C(N)c2cnc(C(F)(F)F)s2)cc1Br.